The van der Waals surface area contributed by atoms with E-state index in [1.165, 1.54) is 0 Å². The first-order chi connectivity index (χ1) is 8.75. The van der Waals surface area contributed by atoms with Gasteiger partial charge in [-0.05, 0) is 24.5 Å². The highest BCUT2D eigenvalue weighted by Gasteiger charge is 2.20. The number of carbonyl (C=O) groups is 1. The number of fused-ring (bicyclic) bond motifs is 1. The molecule has 3 rings (SSSR count). The van der Waals surface area contributed by atoms with Crippen LogP contribution in [0.5, 0.6) is 5.75 Å². The Bertz CT molecular complexity index is 602. The molecule has 0 aliphatic carbocycles. The van der Waals surface area contributed by atoms with Crippen LogP contribution in [0.25, 0.3) is 0 Å². The van der Waals surface area contributed by atoms with Gasteiger partial charge in [0.1, 0.15) is 5.75 Å². The van der Waals surface area contributed by atoms with Crippen molar-refractivity contribution < 1.29 is 9.53 Å². The van der Waals surface area contributed by atoms with Crippen molar-refractivity contribution in [3.8, 4) is 5.75 Å². The Balaban J connectivity index is 2.04. The fraction of sp³-hybridized carbons (Fsp3) is 0.286. The minimum atomic E-state index is -0.0261. The lowest BCUT2D eigenvalue weighted by Crippen LogP contribution is -2.13. The van der Waals surface area contributed by atoms with E-state index in [2.05, 4.69) is 5.10 Å². The summed E-state index contributed by atoms with van der Waals surface area (Å²) in [5.74, 6) is 0.722. The lowest BCUT2D eigenvalue weighted by atomic mass is 9.98. The molecule has 4 heteroatoms. The monoisotopic (exact) mass is 242 g/mol. The van der Waals surface area contributed by atoms with Crippen LogP contribution < -0.4 is 4.74 Å². The topological polar surface area (TPSA) is 44.1 Å². The number of hydrogen-bond donors (Lipinski definition) is 0. The summed E-state index contributed by atoms with van der Waals surface area (Å²) in [6.07, 6.45) is 5.30. The number of carbonyl (C=O) groups excluding carboxylic acids is 1. The maximum atomic E-state index is 12.4. The number of rotatable bonds is 2. The van der Waals surface area contributed by atoms with Gasteiger partial charge in [-0.3, -0.25) is 9.48 Å². The maximum Gasteiger partial charge on any atom is 0.199 e. The number of nitrogens with zero attached hydrogens (tertiary/aromatic N) is 2. The van der Waals surface area contributed by atoms with Crippen molar-refractivity contribution in [2.75, 3.05) is 6.61 Å². The summed E-state index contributed by atoms with van der Waals surface area (Å²) in [5, 5.41) is 4.03. The van der Waals surface area contributed by atoms with E-state index in [0.29, 0.717) is 17.7 Å². The third kappa shape index (κ3) is 1.79. The smallest absolute Gasteiger partial charge is 0.199 e. The molecule has 92 valence electrons. The summed E-state index contributed by atoms with van der Waals surface area (Å²) in [4.78, 5) is 12.4. The first-order valence-corrected chi connectivity index (χ1v) is 6.04. The van der Waals surface area contributed by atoms with Crippen molar-refractivity contribution in [3.63, 3.8) is 0 Å². The van der Waals surface area contributed by atoms with Gasteiger partial charge in [-0.2, -0.15) is 5.10 Å². The molecule has 18 heavy (non-hydrogen) atoms. The molecule has 0 atom stereocenters. The molecule has 0 unspecified atom stereocenters. The molecule has 0 saturated heterocycles. The standard InChI is InChI=1S/C14H14N2O2/c1-16-9-11(8-15-16)13(17)12-6-2-4-10-5-3-7-18-14(10)12/h2,4,6,8-9H,3,5,7H2,1H3. The molecular weight excluding hydrogens is 228 g/mol. The van der Waals surface area contributed by atoms with Gasteiger partial charge < -0.3 is 4.74 Å². The average Bonchev–Trinajstić information content (AvgIpc) is 2.84. The van der Waals surface area contributed by atoms with Crippen molar-refractivity contribution in [2.24, 2.45) is 7.05 Å². The SMILES string of the molecule is Cn1cc(C(=O)c2cccc3c2OCCC3)cn1. The highest BCUT2D eigenvalue weighted by Crippen LogP contribution is 2.30. The number of ether oxygens (including phenoxy) is 1. The second-order valence-corrected chi connectivity index (χ2v) is 4.48. The van der Waals surface area contributed by atoms with E-state index in [0.717, 1.165) is 24.2 Å². The molecule has 4 nitrogen and oxygen atoms in total. The van der Waals surface area contributed by atoms with Crippen LogP contribution in [0.1, 0.15) is 27.9 Å². The molecule has 2 aromatic rings. The van der Waals surface area contributed by atoms with Gasteiger partial charge >= 0.3 is 0 Å². The quantitative estimate of drug-likeness (QED) is 0.756. The van der Waals surface area contributed by atoms with Crippen LogP contribution in [0.4, 0.5) is 0 Å². The van der Waals surface area contributed by atoms with E-state index in [4.69, 9.17) is 4.74 Å². The predicted molar refractivity (Wildman–Crippen MR) is 66.9 cm³/mol. The normalized spacial score (nSPS) is 13.8. The third-order valence-electron chi connectivity index (χ3n) is 3.15. The molecule has 0 radical (unpaired) electrons. The van der Waals surface area contributed by atoms with Crippen LogP contribution >= 0.6 is 0 Å². The first-order valence-electron chi connectivity index (χ1n) is 6.04. The van der Waals surface area contributed by atoms with Crippen molar-refractivity contribution in [1.29, 1.82) is 0 Å². The molecule has 2 heterocycles. The summed E-state index contributed by atoms with van der Waals surface area (Å²) >= 11 is 0. The molecule has 0 fully saturated rings. The lowest BCUT2D eigenvalue weighted by Gasteiger charge is -2.19. The molecule has 1 aliphatic heterocycles. The number of para-hydroxylation sites is 1. The Kier molecular flexibility index (Phi) is 2.63. The van der Waals surface area contributed by atoms with Crippen LogP contribution in [0.2, 0.25) is 0 Å². The molecule has 1 aromatic carbocycles. The van der Waals surface area contributed by atoms with E-state index in [1.807, 2.05) is 18.2 Å². The molecule has 0 saturated carbocycles. The number of ketones is 1. The Morgan fingerprint density at radius 3 is 3.11 bits per heavy atom. The van der Waals surface area contributed by atoms with E-state index < -0.39 is 0 Å². The van der Waals surface area contributed by atoms with Crippen molar-refractivity contribution >= 4 is 5.78 Å². The Hall–Kier alpha value is -2.10. The summed E-state index contributed by atoms with van der Waals surface area (Å²) in [6.45, 7) is 0.685. The Morgan fingerprint density at radius 2 is 2.33 bits per heavy atom. The predicted octanol–water partition coefficient (Wildman–Crippen LogP) is 1.98. The highest BCUT2D eigenvalue weighted by molar-refractivity contribution is 6.10. The van der Waals surface area contributed by atoms with E-state index in [1.54, 1.807) is 24.1 Å². The van der Waals surface area contributed by atoms with Gasteiger partial charge in [-0.1, -0.05) is 12.1 Å². The third-order valence-corrected chi connectivity index (χ3v) is 3.15. The summed E-state index contributed by atoms with van der Waals surface area (Å²) in [7, 11) is 1.80. The van der Waals surface area contributed by atoms with Gasteiger partial charge in [0.25, 0.3) is 0 Å². The van der Waals surface area contributed by atoms with Crippen LogP contribution in [0.15, 0.2) is 30.6 Å². The van der Waals surface area contributed by atoms with Crippen LogP contribution in [0, 0.1) is 0 Å². The summed E-state index contributed by atoms with van der Waals surface area (Å²) in [6, 6.07) is 5.76. The van der Waals surface area contributed by atoms with E-state index >= 15 is 0 Å². The minimum Gasteiger partial charge on any atom is -0.493 e. The fourth-order valence-electron chi connectivity index (χ4n) is 2.26. The lowest BCUT2D eigenvalue weighted by molar-refractivity contribution is 0.103. The highest BCUT2D eigenvalue weighted by atomic mass is 16.5. The maximum absolute atomic E-state index is 12.4. The largest absolute Gasteiger partial charge is 0.493 e. The van der Waals surface area contributed by atoms with Gasteiger partial charge in [-0.15, -0.1) is 0 Å². The second-order valence-electron chi connectivity index (χ2n) is 4.48. The first kappa shape index (κ1) is 11.0. The van der Waals surface area contributed by atoms with Crippen LogP contribution in [-0.2, 0) is 13.5 Å². The van der Waals surface area contributed by atoms with Gasteiger partial charge in [0.05, 0.1) is 23.9 Å². The number of aryl methyl sites for hydroxylation is 2. The zero-order valence-electron chi connectivity index (χ0n) is 10.2. The van der Waals surface area contributed by atoms with E-state index in [-0.39, 0.29) is 5.78 Å². The number of hydrogen-bond acceptors (Lipinski definition) is 3. The molecule has 1 aliphatic rings. The van der Waals surface area contributed by atoms with Crippen LogP contribution in [0.3, 0.4) is 0 Å². The second kappa shape index (κ2) is 4.29. The van der Waals surface area contributed by atoms with Crippen molar-refractivity contribution in [1.82, 2.24) is 9.78 Å². The molecule has 0 bridgehead atoms. The van der Waals surface area contributed by atoms with Gasteiger partial charge in [-0.25, -0.2) is 0 Å². The zero-order valence-corrected chi connectivity index (χ0v) is 10.2. The fourth-order valence-corrected chi connectivity index (χ4v) is 2.26. The van der Waals surface area contributed by atoms with Crippen LogP contribution in [-0.4, -0.2) is 22.2 Å². The summed E-state index contributed by atoms with van der Waals surface area (Å²) in [5.41, 5.74) is 2.36. The molecule has 0 amide bonds. The number of benzene rings is 1. The van der Waals surface area contributed by atoms with E-state index in [9.17, 15) is 4.79 Å². The van der Waals surface area contributed by atoms with Gasteiger partial charge in [0.2, 0.25) is 0 Å². The number of aromatic nitrogens is 2. The summed E-state index contributed by atoms with van der Waals surface area (Å²) < 4.78 is 7.28. The van der Waals surface area contributed by atoms with Crippen molar-refractivity contribution in [2.45, 2.75) is 12.8 Å². The van der Waals surface area contributed by atoms with Gasteiger partial charge in [0, 0.05) is 13.2 Å². The zero-order chi connectivity index (χ0) is 12.5. The molecule has 1 aromatic heterocycles. The Labute approximate surface area is 105 Å². The van der Waals surface area contributed by atoms with Gasteiger partial charge in [0.15, 0.2) is 5.78 Å². The molecular formula is C14H14N2O2. The minimum absolute atomic E-state index is 0.0261. The molecule has 0 N–H and O–H groups in total. The van der Waals surface area contributed by atoms with Crippen molar-refractivity contribution in [3.05, 3.63) is 47.3 Å². The Morgan fingerprint density at radius 1 is 1.44 bits per heavy atom. The molecule has 0 spiro atoms. The average molecular weight is 242 g/mol.